The standard InChI is InChI=1S/C11H14Cl2N2O2/c1-17-7-4-5-14-9(10(7)16)6-2-3-8(12)15-11(6)13/h2-3,7,9-10,14,16H,4-5H2,1H3/t7-,9+,10+/m1/s1. The van der Waals surface area contributed by atoms with Gasteiger partial charge in [-0.05, 0) is 19.0 Å². The van der Waals surface area contributed by atoms with Crippen LogP contribution in [0.25, 0.3) is 0 Å². The van der Waals surface area contributed by atoms with Crippen LogP contribution in [-0.4, -0.2) is 36.0 Å². The van der Waals surface area contributed by atoms with Crippen molar-refractivity contribution in [3.63, 3.8) is 0 Å². The third-order valence-electron chi connectivity index (χ3n) is 3.00. The minimum Gasteiger partial charge on any atom is -0.388 e. The van der Waals surface area contributed by atoms with Crippen LogP contribution in [0, 0.1) is 0 Å². The number of pyridine rings is 1. The summed E-state index contributed by atoms with van der Waals surface area (Å²) in [7, 11) is 1.60. The van der Waals surface area contributed by atoms with E-state index in [4.69, 9.17) is 27.9 Å². The van der Waals surface area contributed by atoms with Crippen molar-refractivity contribution in [3.05, 3.63) is 28.0 Å². The Kier molecular flexibility index (Phi) is 4.22. The Morgan fingerprint density at radius 1 is 1.47 bits per heavy atom. The van der Waals surface area contributed by atoms with Gasteiger partial charge in [-0.15, -0.1) is 0 Å². The molecule has 0 aromatic carbocycles. The first-order valence-corrected chi connectivity index (χ1v) is 6.15. The van der Waals surface area contributed by atoms with E-state index in [9.17, 15) is 5.11 Å². The molecule has 0 amide bonds. The van der Waals surface area contributed by atoms with Gasteiger partial charge in [-0.25, -0.2) is 4.98 Å². The largest absolute Gasteiger partial charge is 0.388 e. The minimum absolute atomic E-state index is 0.187. The zero-order valence-corrected chi connectivity index (χ0v) is 10.9. The molecule has 2 N–H and O–H groups in total. The van der Waals surface area contributed by atoms with Gasteiger partial charge in [0, 0.05) is 12.7 Å². The molecule has 0 unspecified atom stereocenters. The van der Waals surface area contributed by atoms with E-state index in [1.54, 1.807) is 19.2 Å². The smallest absolute Gasteiger partial charge is 0.135 e. The number of rotatable bonds is 2. The molecular weight excluding hydrogens is 263 g/mol. The quantitative estimate of drug-likeness (QED) is 0.809. The minimum atomic E-state index is -0.644. The number of hydrogen-bond donors (Lipinski definition) is 2. The maximum Gasteiger partial charge on any atom is 0.135 e. The summed E-state index contributed by atoms with van der Waals surface area (Å²) >= 11 is 11.8. The van der Waals surface area contributed by atoms with E-state index in [0.717, 1.165) is 18.5 Å². The fourth-order valence-electron chi connectivity index (χ4n) is 2.09. The first-order chi connectivity index (χ1) is 8.13. The molecular formula is C11H14Cl2N2O2. The fraction of sp³-hybridized carbons (Fsp3) is 0.545. The van der Waals surface area contributed by atoms with E-state index in [1.165, 1.54) is 0 Å². The number of aliphatic hydroxyl groups excluding tert-OH is 1. The molecule has 17 heavy (non-hydrogen) atoms. The summed E-state index contributed by atoms with van der Waals surface area (Å²) in [4.78, 5) is 3.97. The van der Waals surface area contributed by atoms with E-state index in [1.807, 2.05) is 0 Å². The molecule has 0 radical (unpaired) electrons. The molecule has 3 atom stereocenters. The molecule has 0 aliphatic carbocycles. The number of aromatic nitrogens is 1. The first kappa shape index (κ1) is 13.1. The van der Waals surface area contributed by atoms with Gasteiger partial charge in [-0.2, -0.15) is 0 Å². The molecule has 1 aliphatic rings. The molecule has 4 nitrogen and oxygen atoms in total. The molecule has 0 bridgehead atoms. The molecule has 1 fully saturated rings. The third-order valence-corrected chi connectivity index (χ3v) is 3.51. The molecule has 6 heteroatoms. The number of ether oxygens (including phenoxy) is 1. The Morgan fingerprint density at radius 2 is 2.24 bits per heavy atom. The monoisotopic (exact) mass is 276 g/mol. The van der Waals surface area contributed by atoms with Crippen LogP contribution in [0.2, 0.25) is 10.3 Å². The summed E-state index contributed by atoms with van der Waals surface area (Å²) < 4.78 is 5.24. The van der Waals surface area contributed by atoms with Gasteiger partial charge >= 0.3 is 0 Å². The van der Waals surface area contributed by atoms with Crippen molar-refractivity contribution < 1.29 is 9.84 Å². The molecule has 2 heterocycles. The average Bonchev–Trinajstić information content (AvgIpc) is 2.30. The fourth-order valence-corrected chi connectivity index (χ4v) is 2.56. The van der Waals surface area contributed by atoms with Crippen molar-refractivity contribution >= 4 is 23.2 Å². The van der Waals surface area contributed by atoms with Gasteiger partial charge in [0.15, 0.2) is 0 Å². The van der Waals surface area contributed by atoms with Crippen LogP contribution < -0.4 is 5.32 Å². The van der Waals surface area contributed by atoms with Crippen molar-refractivity contribution in [2.75, 3.05) is 13.7 Å². The highest BCUT2D eigenvalue weighted by atomic mass is 35.5. The molecule has 1 saturated heterocycles. The zero-order chi connectivity index (χ0) is 12.4. The van der Waals surface area contributed by atoms with Gasteiger partial charge in [0.2, 0.25) is 0 Å². The Balaban J connectivity index is 2.26. The van der Waals surface area contributed by atoms with E-state index in [0.29, 0.717) is 10.3 Å². The van der Waals surface area contributed by atoms with Crippen molar-refractivity contribution in [3.8, 4) is 0 Å². The molecule has 94 valence electrons. The van der Waals surface area contributed by atoms with Crippen molar-refractivity contribution in [2.24, 2.45) is 0 Å². The van der Waals surface area contributed by atoms with Crippen LogP contribution in [0.15, 0.2) is 12.1 Å². The van der Waals surface area contributed by atoms with E-state index in [2.05, 4.69) is 10.3 Å². The maximum atomic E-state index is 10.2. The summed E-state index contributed by atoms with van der Waals surface area (Å²) in [6.45, 7) is 0.763. The number of nitrogens with zero attached hydrogens (tertiary/aromatic N) is 1. The van der Waals surface area contributed by atoms with Crippen LogP contribution in [0.3, 0.4) is 0 Å². The lowest BCUT2D eigenvalue weighted by Gasteiger charge is -2.35. The predicted octanol–water partition coefficient (Wildman–Crippen LogP) is 1.80. The number of piperidine rings is 1. The maximum absolute atomic E-state index is 10.2. The molecule has 1 aromatic rings. The number of aliphatic hydroxyl groups is 1. The third kappa shape index (κ3) is 2.72. The summed E-state index contributed by atoms with van der Waals surface area (Å²) in [5, 5.41) is 14.0. The lowest BCUT2D eigenvalue weighted by Crippen LogP contribution is -2.47. The van der Waals surface area contributed by atoms with Crippen LogP contribution in [0.5, 0.6) is 0 Å². The van der Waals surface area contributed by atoms with E-state index in [-0.39, 0.29) is 12.1 Å². The van der Waals surface area contributed by atoms with Crippen LogP contribution in [0.4, 0.5) is 0 Å². The Hall–Kier alpha value is -0.390. The second kappa shape index (κ2) is 5.50. The first-order valence-electron chi connectivity index (χ1n) is 5.39. The molecule has 0 spiro atoms. The highest BCUT2D eigenvalue weighted by molar-refractivity contribution is 6.32. The van der Waals surface area contributed by atoms with Crippen LogP contribution >= 0.6 is 23.2 Å². The van der Waals surface area contributed by atoms with E-state index >= 15 is 0 Å². The molecule has 0 saturated carbocycles. The number of methoxy groups -OCH3 is 1. The summed E-state index contributed by atoms with van der Waals surface area (Å²) in [5.74, 6) is 0. The van der Waals surface area contributed by atoms with Gasteiger partial charge in [-0.1, -0.05) is 29.3 Å². The Morgan fingerprint density at radius 3 is 2.88 bits per heavy atom. The van der Waals surface area contributed by atoms with Gasteiger partial charge in [0.25, 0.3) is 0 Å². The average molecular weight is 277 g/mol. The lowest BCUT2D eigenvalue weighted by molar-refractivity contribution is -0.0511. The van der Waals surface area contributed by atoms with Gasteiger partial charge < -0.3 is 15.2 Å². The van der Waals surface area contributed by atoms with Crippen molar-refractivity contribution in [1.29, 1.82) is 0 Å². The highest BCUT2D eigenvalue weighted by Gasteiger charge is 2.33. The number of hydrogen-bond acceptors (Lipinski definition) is 4. The SMILES string of the molecule is CO[C@@H]1CCN[C@@H](c2ccc(Cl)nc2Cl)[C@H]1O. The normalized spacial score (nSPS) is 29.3. The Bertz CT molecular complexity index is 403. The summed E-state index contributed by atoms with van der Waals surface area (Å²) in [6, 6.07) is 3.16. The Labute approximate surface area is 110 Å². The van der Waals surface area contributed by atoms with Gasteiger partial charge in [-0.3, -0.25) is 0 Å². The second-order valence-corrected chi connectivity index (χ2v) is 4.74. The van der Waals surface area contributed by atoms with Crippen LogP contribution in [-0.2, 0) is 4.74 Å². The van der Waals surface area contributed by atoms with Gasteiger partial charge in [0.05, 0.1) is 18.2 Å². The second-order valence-electron chi connectivity index (χ2n) is 4.00. The lowest BCUT2D eigenvalue weighted by atomic mass is 9.93. The summed E-state index contributed by atoms with van der Waals surface area (Å²) in [5.41, 5.74) is 0.741. The number of halogens is 2. The topological polar surface area (TPSA) is 54.4 Å². The molecule has 2 rings (SSSR count). The highest BCUT2D eigenvalue weighted by Crippen LogP contribution is 2.30. The summed E-state index contributed by atoms with van der Waals surface area (Å²) in [6.07, 6.45) is -0.0606. The van der Waals surface area contributed by atoms with Gasteiger partial charge in [0.1, 0.15) is 10.3 Å². The van der Waals surface area contributed by atoms with Crippen molar-refractivity contribution in [1.82, 2.24) is 10.3 Å². The molecule has 1 aromatic heterocycles. The van der Waals surface area contributed by atoms with Crippen molar-refractivity contribution in [2.45, 2.75) is 24.7 Å². The van der Waals surface area contributed by atoms with E-state index < -0.39 is 6.10 Å². The molecule has 1 aliphatic heterocycles. The zero-order valence-electron chi connectivity index (χ0n) is 9.36. The van der Waals surface area contributed by atoms with Crippen LogP contribution in [0.1, 0.15) is 18.0 Å². The predicted molar refractivity (Wildman–Crippen MR) is 66.4 cm³/mol. The number of nitrogens with one attached hydrogen (secondary N) is 1.